The second-order valence-electron chi connectivity index (χ2n) is 9.93. The van der Waals surface area contributed by atoms with Crippen molar-refractivity contribution < 1.29 is 49.3 Å². The number of aromatic nitrogens is 1. The molecule has 11 heteroatoms. The van der Waals surface area contributed by atoms with Crippen LogP contribution in [0.15, 0.2) is 76.4 Å². The van der Waals surface area contributed by atoms with E-state index in [-0.39, 0.29) is 45.1 Å². The maximum atomic E-state index is 15.2. The molecule has 44 heavy (non-hydrogen) atoms. The summed E-state index contributed by atoms with van der Waals surface area (Å²) in [5, 5.41) is 0.913. The van der Waals surface area contributed by atoms with E-state index < -0.39 is 17.0 Å². The number of nitrogens with two attached hydrogens (primary N) is 1. The third kappa shape index (κ3) is 6.94. The van der Waals surface area contributed by atoms with Crippen LogP contribution in [0.3, 0.4) is 0 Å². The van der Waals surface area contributed by atoms with Crippen LogP contribution < -0.4 is 36.7 Å². The van der Waals surface area contributed by atoms with Gasteiger partial charge in [-0.05, 0) is 13.8 Å². The molecule has 0 aliphatic carbocycles. The minimum atomic E-state index is -0.632. The van der Waals surface area contributed by atoms with E-state index in [2.05, 4.69) is 17.4 Å². The van der Waals surface area contributed by atoms with Crippen molar-refractivity contribution in [1.82, 2.24) is 2.78 Å². The molecule has 1 unspecified atom stereocenters. The Kier molecular flexibility index (Phi) is 11.4. The third-order valence-electron chi connectivity index (χ3n) is 7.23. The molecule has 0 bridgehead atoms. The third-order valence-corrected chi connectivity index (χ3v) is 9.92. The van der Waals surface area contributed by atoms with Crippen LogP contribution in [0, 0.1) is 11.6 Å². The van der Waals surface area contributed by atoms with Crippen molar-refractivity contribution in [3.8, 4) is 17.2 Å². The fraction of sp³-hybridized carbons (Fsp3) is 0.273. The molecule has 0 saturated heterocycles. The van der Waals surface area contributed by atoms with E-state index >= 15 is 4.39 Å². The van der Waals surface area contributed by atoms with E-state index in [0.29, 0.717) is 22.9 Å². The number of hydrogen-bond donors (Lipinski definition) is 1. The summed E-state index contributed by atoms with van der Waals surface area (Å²) in [4.78, 5) is 18.1. The number of rotatable bonds is 10. The summed E-state index contributed by atoms with van der Waals surface area (Å²) in [7, 11) is 1.68. The number of aldehydes is 1. The number of hydrogen-bond acceptors (Lipinski definition) is 7. The molecule has 0 amide bonds. The van der Waals surface area contributed by atoms with Crippen molar-refractivity contribution in [1.29, 1.82) is 0 Å². The van der Waals surface area contributed by atoms with Crippen molar-refractivity contribution in [2.24, 2.45) is 10.7 Å². The van der Waals surface area contributed by atoms with Crippen LogP contribution in [-0.4, -0.2) is 46.8 Å². The average Bonchev–Trinajstić information content (AvgIpc) is 3.60. The van der Waals surface area contributed by atoms with E-state index in [9.17, 15) is 9.18 Å². The van der Waals surface area contributed by atoms with E-state index in [0.717, 1.165) is 34.9 Å². The second kappa shape index (κ2) is 15.0. The van der Waals surface area contributed by atoms with Crippen LogP contribution in [0.5, 0.6) is 17.2 Å². The summed E-state index contributed by atoms with van der Waals surface area (Å²) in [6, 6.07) is 13.2. The SMILES string of the molecule is CCOC.CSc1c(Oc2ccc(F)c(N=C/C=C(\N)C3(C)COc4c(CC=O)cccc43)c2)c(F)cc2c1ccn2[I-]C. The molecule has 1 aromatic heterocycles. The Morgan fingerprint density at radius 3 is 2.68 bits per heavy atom. The number of benzene rings is 3. The number of ether oxygens (including phenoxy) is 3. The molecule has 1 atom stereocenters. The molecule has 4 aromatic rings. The number of carbonyl (C=O) groups is 1. The van der Waals surface area contributed by atoms with Gasteiger partial charge in [0.15, 0.2) is 0 Å². The van der Waals surface area contributed by atoms with Gasteiger partial charge in [-0.15, -0.1) is 0 Å². The van der Waals surface area contributed by atoms with Crippen LogP contribution in [0.1, 0.15) is 25.0 Å². The summed E-state index contributed by atoms with van der Waals surface area (Å²) in [5.41, 5.74) is 8.85. The number of methoxy groups -OCH3 is 1. The molecule has 0 fully saturated rings. The number of para-hydroxylation sites is 1. The van der Waals surface area contributed by atoms with Gasteiger partial charge >= 0.3 is 159 Å². The first-order valence-electron chi connectivity index (χ1n) is 13.7. The van der Waals surface area contributed by atoms with Crippen molar-refractivity contribution in [3.63, 3.8) is 0 Å². The molecule has 2 N–H and O–H groups in total. The molecule has 234 valence electrons. The first-order valence-corrected chi connectivity index (χ1v) is 18.1. The van der Waals surface area contributed by atoms with Crippen LogP contribution >= 0.6 is 11.8 Å². The Bertz CT molecular complexity index is 1710. The zero-order chi connectivity index (χ0) is 31.9. The molecule has 1 aliphatic heterocycles. The standard InChI is InChI=1S/C30H27F2IN3O3S.C3H8O/c1-30(17-38-27-18(11-14-37)5-4-6-21(27)30)26(34)9-12-35-24-15-19(7-8-22(24)31)39-28-23(32)16-25-20(29(28)40-3)10-13-36(25)33-2;1-3-4-2/h4-10,12-16H,11,17,34H2,1-3H3;3H2,1-2H3/q-1;/b26-9-,35-12?;. The molecule has 0 saturated carbocycles. The van der Waals surface area contributed by atoms with Gasteiger partial charge in [-0.3, -0.25) is 0 Å². The second-order valence-corrected chi connectivity index (χ2v) is 12.7. The molecule has 0 radical (unpaired) electrons. The summed E-state index contributed by atoms with van der Waals surface area (Å²) in [5.74, 6) is -0.0133. The van der Waals surface area contributed by atoms with Gasteiger partial charge in [0.25, 0.3) is 0 Å². The number of thioether (sulfide) groups is 1. The number of nitrogens with zero attached hydrogens (tertiary/aromatic N) is 2. The Morgan fingerprint density at radius 2 is 2.00 bits per heavy atom. The van der Waals surface area contributed by atoms with Crippen molar-refractivity contribution in [2.45, 2.75) is 30.6 Å². The fourth-order valence-corrected chi connectivity index (χ4v) is 6.86. The quantitative estimate of drug-likeness (QED) is 0.0865. The molecule has 1 aliphatic rings. The van der Waals surface area contributed by atoms with Gasteiger partial charge in [-0.1, -0.05) is 18.2 Å². The van der Waals surface area contributed by atoms with E-state index in [1.807, 2.05) is 50.6 Å². The number of carbonyl (C=O) groups excluding carboxylic acids is 1. The topological polar surface area (TPSA) is 88.1 Å². The molecular weight excluding hydrogens is 699 g/mol. The maximum absolute atomic E-state index is 15.2. The predicted octanol–water partition coefficient (Wildman–Crippen LogP) is 4.20. The van der Waals surface area contributed by atoms with Gasteiger partial charge in [0.1, 0.15) is 18.6 Å². The Morgan fingerprint density at radius 1 is 1.23 bits per heavy atom. The van der Waals surface area contributed by atoms with Crippen molar-refractivity contribution in [2.75, 3.05) is 31.5 Å². The number of aliphatic imine (C=N–C) groups is 1. The van der Waals surface area contributed by atoms with E-state index in [1.54, 1.807) is 13.2 Å². The van der Waals surface area contributed by atoms with Crippen LogP contribution in [0.2, 0.25) is 0 Å². The zero-order valence-corrected chi connectivity index (χ0v) is 28.2. The minimum absolute atomic E-state index is 0.0251. The van der Waals surface area contributed by atoms with Gasteiger partial charge in [-0.25, -0.2) is 0 Å². The van der Waals surface area contributed by atoms with Gasteiger partial charge in [0, 0.05) is 37.0 Å². The summed E-state index contributed by atoms with van der Waals surface area (Å²) >= 11 is 1.12. The first-order chi connectivity index (χ1) is 21.2. The normalized spacial score (nSPS) is 16.1. The van der Waals surface area contributed by atoms with Crippen molar-refractivity contribution >= 4 is 40.9 Å². The zero-order valence-electron chi connectivity index (χ0n) is 25.2. The molecular formula is C33H35F2IN3O4S-. The Labute approximate surface area is 271 Å². The summed E-state index contributed by atoms with van der Waals surface area (Å²) < 4.78 is 48.3. The fourth-order valence-electron chi connectivity index (χ4n) is 4.74. The van der Waals surface area contributed by atoms with Gasteiger partial charge in [0.2, 0.25) is 0 Å². The van der Waals surface area contributed by atoms with E-state index in [1.165, 1.54) is 42.2 Å². The summed E-state index contributed by atoms with van der Waals surface area (Å²) in [6.45, 7) is 5.03. The molecule has 3 aromatic carbocycles. The molecule has 7 nitrogen and oxygen atoms in total. The number of alkyl halides is 1. The van der Waals surface area contributed by atoms with Crippen LogP contribution in [-0.2, 0) is 21.4 Å². The van der Waals surface area contributed by atoms with E-state index in [4.69, 9.17) is 15.2 Å². The molecule has 5 rings (SSSR count). The average molecular weight is 735 g/mol. The summed E-state index contributed by atoms with van der Waals surface area (Å²) in [6.07, 6.45) is 7.96. The van der Waals surface area contributed by atoms with Crippen LogP contribution in [0.4, 0.5) is 14.5 Å². The Hall–Kier alpha value is -3.42. The van der Waals surface area contributed by atoms with Gasteiger partial charge in [-0.2, -0.15) is 0 Å². The molecule has 0 spiro atoms. The monoisotopic (exact) mass is 734 g/mol. The predicted molar refractivity (Wildman–Crippen MR) is 169 cm³/mol. The van der Waals surface area contributed by atoms with Gasteiger partial charge < -0.3 is 20.0 Å². The number of fused-ring (bicyclic) bond motifs is 2. The number of allylic oxidation sites excluding steroid dienone is 1. The first kappa shape index (κ1) is 33.5. The Balaban J connectivity index is 0.00000104. The van der Waals surface area contributed by atoms with Crippen LogP contribution in [0.25, 0.3) is 10.9 Å². The molecule has 2 heterocycles. The van der Waals surface area contributed by atoms with Crippen molar-refractivity contribution in [3.05, 3.63) is 89.3 Å². The van der Waals surface area contributed by atoms with Gasteiger partial charge in [0.05, 0.1) is 5.41 Å². The number of halogens is 3.